The summed E-state index contributed by atoms with van der Waals surface area (Å²) in [6.07, 6.45) is -2.35. The van der Waals surface area contributed by atoms with Gasteiger partial charge in [0.1, 0.15) is 0 Å². The van der Waals surface area contributed by atoms with Crippen LogP contribution in [0.3, 0.4) is 0 Å². The minimum atomic E-state index is -2.35. The first kappa shape index (κ1) is 18.6. The number of alkyl halides is 2. The number of nitrogens with zero attached hydrogens (tertiary/aromatic N) is 1. The summed E-state index contributed by atoms with van der Waals surface area (Å²) in [7, 11) is 0. The lowest BCUT2D eigenvalue weighted by Crippen LogP contribution is -2.46. The van der Waals surface area contributed by atoms with E-state index in [4.69, 9.17) is 0 Å². The van der Waals surface area contributed by atoms with Gasteiger partial charge in [0.2, 0.25) is 0 Å². The lowest BCUT2D eigenvalue weighted by Gasteiger charge is -2.34. The summed E-state index contributed by atoms with van der Waals surface area (Å²) >= 11 is 1.55. The minimum Gasteiger partial charge on any atom is -0.314 e. The third-order valence-corrected chi connectivity index (χ3v) is 4.59. The smallest absolute Gasteiger partial charge is 0.258 e. The van der Waals surface area contributed by atoms with Crippen molar-refractivity contribution >= 4 is 46.2 Å². The summed E-state index contributed by atoms with van der Waals surface area (Å²) in [6.45, 7) is 2.93. The molecule has 1 fully saturated rings. The van der Waals surface area contributed by atoms with E-state index in [1.807, 2.05) is 34.5 Å². The monoisotopic (exact) mass is 354 g/mol. The van der Waals surface area contributed by atoms with Crippen LogP contribution >= 0.6 is 36.2 Å². The van der Waals surface area contributed by atoms with E-state index in [2.05, 4.69) is 5.32 Å². The molecule has 1 aliphatic rings. The molecule has 0 radical (unpaired) electrons. The van der Waals surface area contributed by atoms with Gasteiger partial charge in [0.25, 0.3) is 6.43 Å². The van der Waals surface area contributed by atoms with Crippen molar-refractivity contribution in [1.29, 1.82) is 0 Å². The Kier molecular flexibility index (Phi) is 7.30. The van der Waals surface area contributed by atoms with Crippen LogP contribution in [0.5, 0.6) is 0 Å². The number of nitrogens with one attached hydrogen (secondary N) is 1. The Morgan fingerprint density at radius 3 is 2.43 bits per heavy atom. The molecule has 1 aromatic carbocycles. The highest BCUT2D eigenvalue weighted by atomic mass is 35.5. The van der Waals surface area contributed by atoms with E-state index in [0.29, 0.717) is 13.1 Å². The number of thiophene rings is 1. The highest BCUT2D eigenvalue weighted by Gasteiger charge is 2.31. The van der Waals surface area contributed by atoms with E-state index in [1.165, 1.54) is 0 Å². The lowest BCUT2D eigenvalue weighted by atomic mass is 10.0. The first-order valence-corrected chi connectivity index (χ1v) is 7.34. The number of fused-ring (bicyclic) bond motifs is 1. The van der Waals surface area contributed by atoms with Crippen molar-refractivity contribution in [3.05, 3.63) is 35.2 Å². The Balaban J connectivity index is 0.00000110. The molecule has 118 valence electrons. The summed E-state index contributed by atoms with van der Waals surface area (Å²) in [4.78, 5) is 1.90. The second kappa shape index (κ2) is 8.25. The maximum atomic E-state index is 13.5. The molecule has 1 atom stereocenters. The topological polar surface area (TPSA) is 15.3 Å². The molecule has 3 rings (SSSR count). The minimum absolute atomic E-state index is 0. The molecule has 0 unspecified atom stereocenters. The van der Waals surface area contributed by atoms with Crippen LogP contribution in [0.15, 0.2) is 29.6 Å². The lowest BCUT2D eigenvalue weighted by molar-refractivity contribution is 0.0191. The van der Waals surface area contributed by atoms with Crippen LogP contribution < -0.4 is 5.32 Å². The van der Waals surface area contributed by atoms with Crippen molar-refractivity contribution in [3.8, 4) is 0 Å². The Morgan fingerprint density at radius 1 is 1.10 bits per heavy atom. The molecule has 1 N–H and O–H groups in total. The van der Waals surface area contributed by atoms with E-state index in [9.17, 15) is 8.78 Å². The first-order valence-electron chi connectivity index (χ1n) is 6.46. The highest BCUT2D eigenvalue weighted by molar-refractivity contribution is 7.17. The second-order valence-corrected chi connectivity index (χ2v) is 5.66. The summed E-state index contributed by atoms with van der Waals surface area (Å²) in [5.41, 5.74) is 0.775. The number of benzene rings is 1. The largest absolute Gasteiger partial charge is 0.314 e. The van der Waals surface area contributed by atoms with E-state index in [1.54, 1.807) is 11.3 Å². The van der Waals surface area contributed by atoms with Gasteiger partial charge < -0.3 is 5.32 Å². The van der Waals surface area contributed by atoms with E-state index >= 15 is 0 Å². The van der Waals surface area contributed by atoms with Crippen LogP contribution in [0.25, 0.3) is 10.1 Å². The molecular weight excluding hydrogens is 337 g/mol. The van der Waals surface area contributed by atoms with Gasteiger partial charge in [-0.05, 0) is 22.4 Å². The number of rotatable bonds is 3. The number of hydrogen-bond donors (Lipinski definition) is 1. The van der Waals surface area contributed by atoms with Crippen molar-refractivity contribution in [2.24, 2.45) is 0 Å². The quantitative estimate of drug-likeness (QED) is 0.897. The molecule has 1 aromatic heterocycles. The fourth-order valence-corrected chi connectivity index (χ4v) is 3.67. The summed E-state index contributed by atoms with van der Waals surface area (Å²) in [6, 6.07) is 7.02. The molecule has 2 nitrogen and oxygen atoms in total. The maximum absolute atomic E-state index is 13.5. The summed E-state index contributed by atoms with van der Waals surface area (Å²) < 4.78 is 28.1. The molecule has 0 spiro atoms. The van der Waals surface area contributed by atoms with Gasteiger partial charge in [-0.2, -0.15) is 0 Å². The number of hydrogen-bond acceptors (Lipinski definition) is 3. The second-order valence-electron chi connectivity index (χ2n) is 4.75. The van der Waals surface area contributed by atoms with Crippen molar-refractivity contribution in [2.75, 3.05) is 26.2 Å². The molecule has 7 heteroatoms. The standard InChI is InChI=1S/C14H16F2N2S.2ClH/c15-14(16)13(18-7-5-17-6-8-18)11-9-19-12-4-2-1-3-10(11)12;;/h1-4,9,13-14,17H,5-8H2;2*1H/t13-;;/m0../s1. The van der Waals surface area contributed by atoms with Gasteiger partial charge in [0.05, 0.1) is 6.04 Å². The van der Waals surface area contributed by atoms with Crippen molar-refractivity contribution in [2.45, 2.75) is 12.5 Å². The predicted molar refractivity (Wildman–Crippen MR) is 89.5 cm³/mol. The van der Waals surface area contributed by atoms with Crippen LogP contribution in [0.2, 0.25) is 0 Å². The molecule has 0 bridgehead atoms. The zero-order chi connectivity index (χ0) is 13.2. The highest BCUT2D eigenvalue weighted by Crippen LogP contribution is 2.36. The maximum Gasteiger partial charge on any atom is 0.258 e. The Hall–Kier alpha value is -0.460. The molecule has 0 aliphatic carbocycles. The van der Waals surface area contributed by atoms with Gasteiger partial charge in [0.15, 0.2) is 0 Å². The third kappa shape index (κ3) is 3.85. The fourth-order valence-electron chi connectivity index (χ4n) is 2.68. The predicted octanol–water partition coefficient (Wildman–Crippen LogP) is 3.96. The Bertz CT molecular complexity index is 559. The fraction of sp³-hybridized carbons (Fsp3) is 0.429. The van der Waals surface area contributed by atoms with Crippen molar-refractivity contribution < 1.29 is 8.78 Å². The molecular formula is C14H18Cl2F2N2S. The van der Waals surface area contributed by atoms with Gasteiger partial charge >= 0.3 is 0 Å². The SMILES string of the molecule is Cl.Cl.FC(F)[C@H](c1csc2ccccc12)N1CCNCC1. The van der Waals surface area contributed by atoms with Crippen LogP contribution in [-0.2, 0) is 0 Å². The molecule has 0 amide bonds. The van der Waals surface area contributed by atoms with E-state index in [-0.39, 0.29) is 24.8 Å². The van der Waals surface area contributed by atoms with Crippen LogP contribution in [0.4, 0.5) is 8.78 Å². The Morgan fingerprint density at radius 2 is 1.76 bits per heavy atom. The van der Waals surface area contributed by atoms with Crippen LogP contribution in [0.1, 0.15) is 11.6 Å². The van der Waals surface area contributed by atoms with Crippen molar-refractivity contribution in [1.82, 2.24) is 10.2 Å². The van der Waals surface area contributed by atoms with E-state index in [0.717, 1.165) is 28.7 Å². The van der Waals surface area contributed by atoms with Crippen LogP contribution in [0, 0.1) is 0 Å². The van der Waals surface area contributed by atoms with Gasteiger partial charge in [-0.3, -0.25) is 4.90 Å². The first-order chi connectivity index (χ1) is 9.27. The molecule has 1 aliphatic heterocycles. The molecule has 21 heavy (non-hydrogen) atoms. The average molecular weight is 355 g/mol. The Labute approximate surface area is 139 Å². The van der Waals surface area contributed by atoms with Gasteiger partial charge in [-0.1, -0.05) is 18.2 Å². The summed E-state index contributed by atoms with van der Waals surface area (Å²) in [5.74, 6) is 0. The number of piperazine rings is 1. The van der Waals surface area contributed by atoms with Gasteiger partial charge in [-0.15, -0.1) is 36.2 Å². The van der Waals surface area contributed by atoms with Gasteiger partial charge in [0, 0.05) is 30.9 Å². The molecule has 1 saturated heterocycles. The number of halogens is 4. The van der Waals surface area contributed by atoms with Crippen LogP contribution in [-0.4, -0.2) is 37.5 Å². The van der Waals surface area contributed by atoms with Crippen molar-refractivity contribution in [3.63, 3.8) is 0 Å². The summed E-state index contributed by atoms with van der Waals surface area (Å²) in [5, 5.41) is 6.07. The molecule has 2 heterocycles. The average Bonchev–Trinajstić information content (AvgIpc) is 2.84. The third-order valence-electron chi connectivity index (χ3n) is 3.61. The molecule has 2 aromatic rings. The zero-order valence-electron chi connectivity index (χ0n) is 11.3. The zero-order valence-corrected chi connectivity index (χ0v) is 13.7. The normalized spacial score (nSPS) is 17.3. The van der Waals surface area contributed by atoms with E-state index < -0.39 is 12.5 Å². The van der Waals surface area contributed by atoms with Gasteiger partial charge in [-0.25, -0.2) is 8.78 Å². The molecule has 0 saturated carbocycles.